The van der Waals surface area contributed by atoms with Gasteiger partial charge in [0.1, 0.15) is 5.69 Å². The number of aromatic nitrogens is 1. The molecule has 1 fully saturated rings. The summed E-state index contributed by atoms with van der Waals surface area (Å²) >= 11 is 0. The van der Waals surface area contributed by atoms with Crippen molar-refractivity contribution in [3.63, 3.8) is 0 Å². The number of nitrogen functional groups attached to an aromatic ring is 1. The Hall–Kier alpha value is -2.31. The molecule has 0 saturated carbocycles. The van der Waals surface area contributed by atoms with Gasteiger partial charge in [-0.05, 0) is 12.1 Å². The molecule has 90 valence electrons. The number of carbonyl (C=O) groups excluding carboxylic acids is 2. The molecule has 1 saturated heterocycles. The maximum atomic E-state index is 11.3. The molecule has 17 heavy (non-hydrogen) atoms. The van der Waals surface area contributed by atoms with Crippen molar-refractivity contribution in [3.8, 4) is 0 Å². The highest BCUT2D eigenvalue weighted by atomic mass is 16.2. The van der Waals surface area contributed by atoms with Gasteiger partial charge < -0.3 is 21.7 Å². The van der Waals surface area contributed by atoms with E-state index in [0.717, 1.165) is 0 Å². The molecule has 7 nitrogen and oxygen atoms in total. The normalized spacial score (nSPS) is 15.5. The number of hydrogen-bond donors (Lipinski definition) is 3. The van der Waals surface area contributed by atoms with Crippen LogP contribution in [0.3, 0.4) is 0 Å². The fraction of sp³-hybridized carbons (Fsp3) is 0.300. The zero-order valence-electron chi connectivity index (χ0n) is 9.14. The van der Waals surface area contributed by atoms with Crippen LogP contribution in [-0.4, -0.2) is 36.4 Å². The van der Waals surface area contributed by atoms with Crippen molar-refractivity contribution in [2.75, 3.05) is 30.3 Å². The fourth-order valence-electron chi connectivity index (χ4n) is 1.67. The Morgan fingerprint density at radius 2 is 2.24 bits per heavy atom. The van der Waals surface area contributed by atoms with Crippen LogP contribution in [0, 0.1) is 0 Å². The quantitative estimate of drug-likeness (QED) is 0.589. The summed E-state index contributed by atoms with van der Waals surface area (Å²) < 4.78 is 0. The number of carbonyl (C=O) groups is 2. The van der Waals surface area contributed by atoms with E-state index in [2.05, 4.69) is 10.3 Å². The first kappa shape index (κ1) is 11.2. The number of nitrogens with two attached hydrogens (primary N) is 2. The lowest BCUT2D eigenvalue weighted by molar-refractivity contribution is -0.120. The second-order valence-electron chi connectivity index (χ2n) is 3.75. The van der Waals surface area contributed by atoms with Crippen molar-refractivity contribution in [1.29, 1.82) is 0 Å². The molecule has 1 aliphatic rings. The highest BCUT2D eigenvalue weighted by Gasteiger charge is 2.20. The zero-order chi connectivity index (χ0) is 12.4. The van der Waals surface area contributed by atoms with Crippen LogP contribution in [0.2, 0.25) is 0 Å². The summed E-state index contributed by atoms with van der Waals surface area (Å²) in [4.78, 5) is 28.1. The second-order valence-corrected chi connectivity index (χ2v) is 3.75. The van der Waals surface area contributed by atoms with E-state index in [1.807, 2.05) is 0 Å². The number of nitrogens with one attached hydrogen (secondary N) is 1. The minimum atomic E-state index is -0.618. The third kappa shape index (κ3) is 2.27. The van der Waals surface area contributed by atoms with Crippen LogP contribution in [0.5, 0.6) is 0 Å². The van der Waals surface area contributed by atoms with Gasteiger partial charge in [0.05, 0.1) is 12.2 Å². The van der Waals surface area contributed by atoms with Gasteiger partial charge in [-0.15, -0.1) is 0 Å². The summed E-state index contributed by atoms with van der Waals surface area (Å²) in [7, 11) is 0. The van der Waals surface area contributed by atoms with E-state index in [9.17, 15) is 9.59 Å². The first-order chi connectivity index (χ1) is 8.08. The average molecular weight is 235 g/mol. The molecule has 0 radical (unpaired) electrons. The van der Waals surface area contributed by atoms with Crippen molar-refractivity contribution in [2.45, 2.75) is 0 Å². The molecule has 2 rings (SSSR count). The number of nitrogens with zero attached hydrogens (tertiary/aromatic N) is 2. The third-order valence-corrected chi connectivity index (χ3v) is 2.50. The number of piperazine rings is 1. The molecule has 7 heteroatoms. The Morgan fingerprint density at radius 3 is 2.88 bits per heavy atom. The molecule has 1 aromatic rings. The van der Waals surface area contributed by atoms with Gasteiger partial charge >= 0.3 is 0 Å². The first-order valence-corrected chi connectivity index (χ1v) is 5.16. The van der Waals surface area contributed by atoms with Gasteiger partial charge in [0.25, 0.3) is 5.91 Å². The lowest BCUT2D eigenvalue weighted by Gasteiger charge is -2.28. The van der Waals surface area contributed by atoms with Gasteiger partial charge in [-0.2, -0.15) is 0 Å². The number of amides is 2. The average Bonchev–Trinajstić information content (AvgIpc) is 2.29. The monoisotopic (exact) mass is 235 g/mol. The third-order valence-electron chi connectivity index (χ3n) is 2.50. The summed E-state index contributed by atoms with van der Waals surface area (Å²) in [6.45, 7) is 1.31. The second kappa shape index (κ2) is 4.28. The minimum absolute atomic E-state index is 0.0954. The summed E-state index contributed by atoms with van der Waals surface area (Å²) in [5, 5.41) is 2.70. The Labute approximate surface area is 97.8 Å². The Balaban J connectivity index is 2.33. The van der Waals surface area contributed by atoms with Crippen LogP contribution in [0.1, 0.15) is 10.5 Å². The Bertz CT molecular complexity index is 474. The van der Waals surface area contributed by atoms with E-state index in [1.54, 1.807) is 11.0 Å². The molecule has 2 amide bonds. The van der Waals surface area contributed by atoms with E-state index in [1.165, 1.54) is 6.07 Å². The lowest BCUT2D eigenvalue weighted by atomic mass is 10.2. The molecule has 1 aliphatic heterocycles. The smallest absolute Gasteiger partial charge is 0.267 e. The SMILES string of the molecule is NC(=O)c1ccc(N)c(N2CCNC(=O)C2)n1. The van der Waals surface area contributed by atoms with Crippen LogP contribution in [-0.2, 0) is 4.79 Å². The number of rotatable bonds is 2. The standard InChI is InChI=1S/C10H13N5O2/c11-6-1-2-7(9(12)17)14-10(6)15-4-3-13-8(16)5-15/h1-2H,3-5,11H2,(H2,12,17)(H,13,16). The van der Waals surface area contributed by atoms with Crippen LogP contribution >= 0.6 is 0 Å². The van der Waals surface area contributed by atoms with Crippen molar-refractivity contribution in [3.05, 3.63) is 17.8 Å². The molecule has 0 aliphatic carbocycles. The molecular formula is C10H13N5O2. The van der Waals surface area contributed by atoms with Crippen molar-refractivity contribution in [1.82, 2.24) is 10.3 Å². The number of pyridine rings is 1. The van der Waals surface area contributed by atoms with Crippen molar-refractivity contribution in [2.24, 2.45) is 5.73 Å². The summed E-state index contributed by atoms with van der Waals surface area (Å²) in [5.74, 6) is -0.286. The number of primary amides is 1. The maximum absolute atomic E-state index is 11.3. The fourth-order valence-corrected chi connectivity index (χ4v) is 1.67. The zero-order valence-corrected chi connectivity index (χ0v) is 9.14. The molecule has 5 N–H and O–H groups in total. The van der Waals surface area contributed by atoms with Gasteiger partial charge in [-0.1, -0.05) is 0 Å². The Morgan fingerprint density at radius 1 is 1.47 bits per heavy atom. The van der Waals surface area contributed by atoms with Crippen molar-refractivity contribution >= 4 is 23.3 Å². The predicted octanol–water partition coefficient (Wildman–Crippen LogP) is -1.30. The van der Waals surface area contributed by atoms with Gasteiger partial charge in [0.15, 0.2) is 5.82 Å². The number of hydrogen-bond acceptors (Lipinski definition) is 5. The van der Waals surface area contributed by atoms with E-state index < -0.39 is 5.91 Å². The highest BCUT2D eigenvalue weighted by Crippen LogP contribution is 2.21. The summed E-state index contributed by atoms with van der Waals surface area (Å²) in [6, 6.07) is 3.03. The molecule has 0 aromatic carbocycles. The Kier molecular flexibility index (Phi) is 2.82. The molecule has 2 heterocycles. The van der Waals surface area contributed by atoms with E-state index in [4.69, 9.17) is 11.5 Å². The molecular weight excluding hydrogens is 222 g/mol. The minimum Gasteiger partial charge on any atom is -0.396 e. The molecule has 0 atom stereocenters. The molecule has 0 unspecified atom stereocenters. The molecule has 0 spiro atoms. The molecule has 0 bridgehead atoms. The van der Waals surface area contributed by atoms with Crippen molar-refractivity contribution < 1.29 is 9.59 Å². The van der Waals surface area contributed by atoms with E-state index in [-0.39, 0.29) is 18.1 Å². The highest BCUT2D eigenvalue weighted by molar-refractivity contribution is 5.92. The predicted molar refractivity (Wildman–Crippen MR) is 62.4 cm³/mol. The topological polar surface area (TPSA) is 114 Å². The van der Waals surface area contributed by atoms with Gasteiger partial charge in [-0.3, -0.25) is 9.59 Å². The van der Waals surface area contributed by atoms with Gasteiger partial charge in [-0.25, -0.2) is 4.98 Å². The van der Waals surface area contributed by atoms with Crippen LogP contribution in [0.4, 0.5) is 11.5 Å². The van der Waals surface area contributed by atoms with Crippen LogP contribution in [0.25, 0.3) is 0 Å². The van der Waals surface area contributed by atoms with Crippen LogP contribution < -0.4 is 21.7 Å². The van der Waals surface area contributed by atoms with E-state index in [0.29, 0.717) is 24.6 Å². The lowest BCUT2D eigenvalue weighted by Crippen LogP contribution is -2.48. The maximum Gasteiger partial charge on any atom is 0.267 e. The summed E-state index contributed by atoms with van der Waals surface area (Å²) in [6.07, 6.45) is 0. The number of anilines is 2. The first-order valence-electron chi connectivity index (χ1n) is 5.16. The summed E-state index contributed by atoms with van der Waals surface area (Å²) in [5.41, 5.74) is 11.5. The molecule has 1 aromatic heterocycles. The largest absolute Gasteiger partial charge is 0.396 e. The van der Waals surface area contributed by atoms with Gasteiger partial charge in [0.2, 0.25) is 5.91 Å². The van der Waals surface area contributed by atoms with E-state index >= 15 is 0 Å². The van der Waals surface area contributed by atoms with Crippen LogP contribution in [0.15, 0.2) is 12.1 Å². The van der Waals surface area contributed by atoms with Gasteiger partial charge in [0, 0.05) is 13.1 Å².